The van der Waals surface area contributed by atoms with Gasteiger partial charge >= 0.3 is 0 Å². The molecule has 0 saturated heterocycles. The minimum atomic E-state index is 0.0662. The molecule has 6 aromatic carbocycles. The van der Waals surface area contributed by atoms with E-state index in [-0.39, 0.29) is 5.92 Å². The van der Waals surface area contributed by atoms with Gasteiger partial charge in [-0.2, -0.15) is 0 Å². The van der Waals surface area contributed by atoms with E-state index in [0.717, 1.165) is 28.5 Å². The lowest BCUT2D eigenvalue weighted by molar-refractivity contribution is 0.928. The summed E-state index contributed by atoms with van der Waals surface area (Å²) in [6, 6.07) is 43.6. The van der Waals surface area contributed by atoms with Crippen molar-refractivity contribution in [3.05, 3.63) is 184 Å². The molecule has 1 aromatic heterocycles. The molecule has 0 aliphatic heterocycles. The van der Waals surface area contributed by atoms with Crippen molar-refractivity contribution in [3.8, 4) is 11.3 Å². The molecule has 236 valence electrons. The van der Waals surface area contributed by atoms with E-state index >= 15 is 0 Å². The normalized spacial score (nSPS) is 11.3. The smallest absolute Gasteiger partial charge is 0.156 e. The predicted octanol–water partition coefficient (Wildman–Crippen LogP) is 11.8. The summed E-state index contributed by atoms with van der Waals surface area (Å²) >= 11 is 0. The monoisotopic (exact) mass is 623 g/mol. The first-order chi connectivity index (χ1) is 23.3. The third-order valence-electron chi connectivity index (χ3n) is 9.47. The van der Waals surface area contributed by atoms with E-state index in [0.29, 0.717) is 0 Å². The molecule has 0 spiro atoms. The van der Waals surface area contributed by atoms with Crippen molar-refractivity contribution in [1.29, 1.82) is 0 Å². The first kappa shape index (κ1) is 31.1. The van der Waals surface area contributed by atoms with Gasteiger partial charge in [0.05, 0.1) is 23.8 Å². The van der Waals surface area contributed by atoms with Crippen LogP contribution in [0.4, 0.5) is 17.2 Å². The molecule has 7 rings (SSSR count). The van der Waals surface area contributed by atoms with Gasteiger partial charge in [-0.25, -0.2) is 4.98 Å². The molecule has 0 fully saturated rings. The third kappa shape index (κ3) is 5.77. The number of aryl methyl sites for hydroxylation is 6. The zero-order valence-electron chi connectivity index (χ0n) is 28.6. The number of benzene rings is 6. The predicted molar refractivity (Wildman–Crippen MR) is 202 cm³/mol. The van der Waals surface area contributed by atoms with Crippen molar-refractivity contribution in [1.82, 2.24) is 9.97 Å². The Bertz CT molecular complexity index is 2150. The fourth-order valence-corrected chi connectivity index (χ4v) is 7.68. The number of hydrogen-bond donors (Lipinski definition) is 0. The summed E-state index contributed by atoms with van der Waals surface area (Å²) in [7, 11) is 0. The second-order valence-electron chi connectivity index (χ2n) is 13.1. The first-order valence-electron chi connectivity index (χ1n) is 16.7. The van der Waals surface area contributed by atoms with Crippen LogP contribution >= 0.6 is 0 Å². The van der Waals surface area contributed by atoms with E-state index in [9.17, 15) is 0 Å². The van der Waals surface area contributed by atoms with Crippen LogP contribution in [0.3, 0.4) is 0 Å². The van der Waals surface area contributed by atoms with Crippen LogP contribution in [0.25, 0.3) is 22.0 Å². The second-order valence-corrected chi connectivity index (χ2v) is 13.1. The maximum atomic E-state index is 5.18. The number of para-hydroxylation sites is 1. The average Bonchev–Trinajstić information content (AvgIpc) is 3.08. The molecular weight excluding hydrogens is 583 g/mol. The van der Waals surface area contributed by atoms with Crippen LogP contribution in [-0.4, -0.2) is 9.97 Å². The lowest BCUT2D eigenvalue weighted by Gasteiger charge is -2.30. The summed E-state index contributed by atoms with van der Waals surface area (Å²) in [6.07, 6.45) is 3.70. The SMILES string of the molecule is Cc1cc(C)c(C(c2c(C)cc(C)cc2C)c2ccc(N(c3ccccc3)c3cncc(-c4ccccc4)n3)c3ccccc23)c(C)c1. The largest absolute Gasteiger partial charge is 0.293 e. The highest BCUT2D eigenvalue weighted by molar-refractivity contribution is 6.01. The maximum absolute atomic E-state index is 5.18. The number of anilines is 3. The van der Waals surface area contributed by atoms with Gasteiger partial charge in [0, 0.05) is 22.6 Å². The molecule has 0 radical (unpaired) electrons. The van der Waals surface area contributed by atoms with Crippen molar-refractivity contribution in [2.24, 2.45) is 0 Å². The zero-order chi connectivity index (χ0) is 33.4. The van der Waals surface area contributed by atoms with E-state index in [2.05, 4.69) is 155 Å². The topological polar surface area (TPSA) is 29.0 Å². The molecule has 1 heterocycles. The van der Waals surface area contributed by atoms with Crippen LogP contribution in [0.2, 0.25) is 0 Å². The van der Waals surface area contributed by atoms with Crippen LogP contribution in [0.15, 0.2) is 134 Å². The van der Waals surface area contributed by atoms with E-state index in [4.69, 9.17) is 4.98 Å². The summed E-state index contributed by atoms with van der Waals surface area (Å²) in [6.45, 7) is 13.5. The quantitative estimate of drug-likeness (QED) is 0.165. The minimum Gasteiger partial charge on any atom is -0.293 e. The minimum absolute atomic E-state index is 0.0662. The van der Waals surface area contributed by atoms with E-state index < -0.39 is 0 Å². The fourth-order valence-electron chi connectivity index (χ4n) is 7.68. The molecule has 48 heavy (non-hydrogen) atoms. The first-order valence-corrected chi connectivity index (χ1v) is 16.7. The molecule has 0 bridgehead atoms. The zero-order valence-corrected chi connectivity index (χ0v) is 28.6. The van der Waals surface area contributed by atoms with E-state index in [1.54, 1.807) is 0 Å². The standard InChI is InChI=1S/C45H41N3/c1-29-23-31(3)43(32(4)24-29)45(44-33(5)25-30(2)26-34(44)6)39-21-22-41(38-20-14-13-19-37(38)39)48(36-17-11-8-12-18-36)42-28-46-27-40(47-42)35-15-9-7-10-16-35/h7-28,45H,1-6H3. The highest BCUT2D eigenvalue weighted by Gasteiger charge is 2.27. The Hall–Kier alpha value is -5.54. The van der Waals surface area contributed by atoms with Gasteiger partial charge in [-0.1, -0.05) is 114 Å². The summed E-state index contributed by atoms with van der Waals surface area (Å²) in [5.74, 6) is 0.837. The van der Waals surface area contributed by atoms with Gasteiger partial charge in [-0.15, -0.1) is 0 Å². The Morgan fingerprint density at radius 2 is 1.04 bits per heavy atom. The number of fused-ring (bicyclic) bond motifs is 1. The van der Waals surface area contributed by atoms with Gasteiger partial charge in [0.1, 0.15) is 0 Å². The molecule has 0 aliphatic carbocycles. The van der Waals surface area contributed by atoms with Crippen molar-refractivity contribution >= 4 is 28.0 Å². The molecule has 0 amide bonds. The van der Waals surface area contributed by atoms with E-state index in [1.807, 2.05) is 30.6 Å². The van der Waals surface area contributed by atoms with Crippen LogP contribution in [0, 0.1) is 41.5 Å². The summed E-state index contributed by atoms with van der Waals surface area (Å²) in [5, 5.41) is 2.40. The molecule has 0 saturated carbocycles. The van der Waals surface area contributed by atoms with Crippen LogP contribution in [0.1, 0.15) is 56.0 Å². The highest BCUT2D eigenvalue weighted by Crippen LogP contribution is 2.46. The maximum Gasteiger partial charge on any atom is 0.156 e. The number of hydrogen-bond acceptors (Lipinski definition) is 3. The van der Waals surface area contributed by atoms with Gasteiger partial charge in [-0.05, 0) is 104 Å². The fraction of sp³-hybridized carbons (Fsp3) is 0.156. The number of rotatable bonds is 7. The van der Waals surface area contributed by atoms with Crippen molar-refractivity contribution in [2.45, 2.75) is 47.5 Å². The van der Waals surface area contributed by atoms with Crippen molar-refractivity contribution in [3.63, 3.8) is 0 Å². The van der Waals surface area contributed by atoms with Crippen molar-refractivity contribution in [2.75, 3.05) is 4.90 Å². The van der Waals surface area contributed by atoms with Crippen LogP contribution in [-0.2, 0) is 0 Å². The molecular formula is C45H41N3. The Kier molecular flexibility index (Phi) is 8.37. The Morgan fingerprint density at radius 1 is 0.521 bits per heavy atom. The summed E-state index contributed by atoms with van der Waals surface area (Å²) < 4.78 is 0. The molecule has 0 N–H and O–H groups in total. The van der Waals surface area contributed by atoms with Gasteiger partial charge < -0.3 is 0 Å². The van der Waals surface area contributed by atoms with E-state index in [1.165, 1.54) is 60.8 Å². The molecule has 0 unspecified atom stereocenters. The highest BCUT2D eigenvalue weighted by atomic mass is 15.2. The molecule has 0 atom stereocenters. The molecule has 7 aromatic rings. The lowest BCUT2D eigenvalue weighted by atomic mass is 9.75. The molecule has 0 aliphatic rings. The lowest BCUT2D eigenvalue weighted by Crippen LogP contribution is -2.15. The second kappa shape index (κ2) is 12.9. The Balaban J connectivity index is 1.50. The van der Waals surface area contributed by atoms with Gasteiger partial charge in [0.2, 0.25) is 0 Å². The summed E-state index contributed by atoms with van der Waals surface area (Å²) in [4.78, 5) is 12.1. The van der Waals surface area contributed by atoms with Gasteiger partial charge in [-0.3, -0.25) is 9.88 Å². The Morgan fingerprint density at radius 3 is 1.62 bits per heavy atom. The van der Waals surface area contributed by atoms with Gasteiger partial charge in [0.15, 0.2) is 5.82 Å². The van der Waals surface area contributed by atoms with Crippen LogP contribution < -0.4 is 4.90 Å². The van der Waals surface area contributed by atoms with Crippen LogP contribution in [0.5, 0.6) is 0 Å². The Labute approximate surface area is 284 Å². The number of nitrogens with zero attached hydrogens (tertiary/aromatic N) is 3. The molecule has 3 nitrogen and oxygen atoms in total. The third-order valence-corrected chi connectivity index (χ3v) is 9.47. The molecule has 3 heteroatoms. The summed E-state index contributed by atoms with van der Waals surface area (Å²) in [5.41, 5.74) is 15.9. The van der Waals surface area contributed by atoms with Crippen molar-refractivity contribution < 1.29 is 0 Å². The number of aromatic nitrogens is 2. The van der Waals surface area contributed by atoms with Gasteiger partial charge in [0.25, 0.3) is 0 Å². The average molecular weight is 624 g/mol.